The lowest BCUT2D eigenvalue weighted by Gasteiger charge is -2.07. The second-order valence-corrected chi connectivity index (χ2v) is 4.98. The fourth-order valence-electron chi connectivity index (χ4n) is 2.17. The van der Waals surface area contributed by atoms with Crippen LogP contribution in [0.3, 0.4) is 0 Å². The summed E-state index contributed by atoms with van der Waals surface area (Å²) in [5, 5.41) is 18.1. The molecule has 3 rings (SSSR count). The first kappa shape index (κ1) is 13.9. The minimum Gasteiger partial charge on any atom is -0.512 e. The maximum absolute atomic E-state index is 8.74. The van der Waals surface area contributed by atoms with E-state index in [9.17, 15) is 0 Å². The highest BCUT2D eigenvalue weighted by molar-refractivity contribution is 6.35. The summed E-state index contributed by atoms with van der Waals surface area (Å²) in [6, 6.07) is 12.7. The van der Waals surface area contributed by atoms with E-state index in [1.54, 1.807) is 18.5 Å². The number of fused-ring (bicyclic) bond motifs is 1. The zero-order chi connectivity index (χ0) is 14.8. The molecule has 1 heterocycles. The summed E-state index contributed by atoms with van der Waals surface area (Å²) in [6.45, 7) is 0.638. The van der Waals surface area contributed by atoms with Crippen LogP contribution in [-0.2, 0) is 6.54 Å². The summed E-state index contributed by atoms with van der Waals surface area (Å²) in [5.74, 6) is 0.396. The van der Waals surface area contributed by atoms with E-state index >= 15 is 0 Å². The molecule has 0 bridgehead atoms. The quantitative estimate of drug-likeness (QED) is 0.724. The third kappa shape index (κ3) is 3.02. The van der Waals surface area contributed by atoms with Gasteiger partial charge in [0, 0.05) is 6.54 Å². The van der Waals surface area contributed by atoms with Gasteiger partial charge in [0.15, 0.2) is 0 Å². The van der Waals surface area contributed by atoms with Crippen molar-refractivity contribution in [1.29, 1.82) is 0 Å². The van der Waals surface area contributed by atoms with Gasteiger partial charge in [-0.3, -0.25) is 0 Å². The molecular formula is C14H12BClN2O3. The largest absolute Gasteiger partial charge is 0.707 e. The summed E-state index contributed by atoms with van der Waals surface area (Å²) >= 11 is 6.10. The Morgan fingerprint density at radius 1 is 1.14 bits per heavy atom. The summed E-state index contributed by atoms with van der Waals surface area (Å²) < 4.78 is 6.76. The molecule has 0 atom stereocenters. The van der Waals surface area contributed by atoms with Crippen LogP contribution in [0, 0.1) is 0 Å². The van der Waals surface area contributed by atoms with Gasteiger partial charge in [0.2, 0.25) is 0 Å². The number of para-hydroxylation sites is 1. The topological polar surface area (TPSA) is 67.5 Å². The number of hydrogen-bond donors (Lipinski definition) is 2. The second-order valence-electron chi connectivity index (χ2n) is 4.57. The third-order valence-corrected chi connectivity index (χ3v) is 3.42. The molecule has 0 saturated heterocycles. The number of benzene rings is 2. The van der Waals surface area contributed by atoms with Crippen LogP contribution in [-0.4, -0.2) is 26.9 Å². The van der Waals surface area contributed by atoms with E-state index in [1.165, 1.54) is 0 Å². The lowest BCUT2D eigenvalue weighted by atomic mass is 10.2. The molecule has 3 aromatic rings. The van der Waals surface area contributed by atoms with Crippen LogP contribution in [0.1, 0.15) is 5.56 Å². The highest BCUT2D eigenvalue weighted by Gasteiger charge is 2.11. The molecule has 0 aliphatic rings. The molecule has 0 aliphatic heterocycles. The molecule has 0 spiro atoms. The first-order valence-electron chi connectivity index (χ1n) is 6.34. The number of hydrogen-bond acceptors (Lipinski definition) is 4. The molecule has 0 aliphatic carbocycles. The van der Waals surface area contributed by atoms with Crippen molar-refractivity contribution in [3.8, 4) is 5.75 Å². The van der Waals surface area contributed by atoms with Crippen molar-refractivity contribution < 1.29 is 14.7 Å². The minimum atomic E-state index is -1.81. The van der Waals surface area contributed by atoms with E-state index in [0.717, 1.165) is 16.6 Å². The Bertz CT molecular complexity index is 759. The van der Waals surface area contributed by atoms with Gasteiger partial charge in [0.25, 0.3) is 0 Å². The lowest BCUT2D eigenvalue weighted by Crippen LogP contribution is -2.20. The van der Waals surface area contributed by atoms with Gasteiger partial charge >= 0.3 is 7.32 Å². The third-order valence-electron chi connectivity index (χ3n) is 3.12. The Kier molecular flexibility index (Phi) is 3.83. The zero-order valence-electron chi connectivity index (χ0n) is 11.0. The first-order valence-corrected chi connectivity index (χ1v) is 6.72. The van der Waals surface area contributed by atoms with Crippen LogP contribution in [0.2, 0.25) is 5.02 Å². The van der Waals surface area contributed by atoms with Gasteiger partial charge in [-0.2, -0.15) is 0 Å². The van der Waals surface area contributed by atoms with Crippen molar-refractivity contribution in [1.82, 2.24) is 9.55 Å². The Morgan fingerprint density at radius 3 is 2.62 bits per heavy atom. The number of halogens is 1. The molecule has 106 valence electrons. The van der Waals surface area contributed by atoms with Gasteiger partial charge in [0.1, 0.15) is 11.3 Å². The number of nitrogens with zero attached hydrogens (tertiary/aromatic N) is 2. The van der Waals surface area contributed by atoms with Gasteiger partial charge in [0.05, 0.1) is 16.9 Å². The van der Waals surface area contributed by atoms with Gasteiger partial charge in [-0.1, -0.05) is 29.8 Å². The van der Waals surface area contributed by atoms with E-state index in [-0.39, 0.29) is 0 Å². The Morgan fingerprint density at radius 2 is 1.90 bits per heavy atom. The number of rotatable bonds is 4. The van der Waals surface area contributed by atoms with Crippen LogP contribution in [0.25, 0.3) is 11.0 Å². The average molecular weight is 303 g/mol. The highest BCUT2D eigenvalue weighted by Crippen LogP contribution is 2.22. The predicted octanol–water partition coefficient (Wildman–Crippen LogP) is 2.09. The second kappa shape index (κ2) is 5.77. The van der Waals surface area contributed by atoms with Gasteiger partial charge in [-0.05, 0) is 29.8 Å². The van der Waals surface area contributed by atoms with Crippen LogP contribution in [0.4, 0.5) is 0 Å². The monoisotopic (exact) mass is 302 g/mol. The zero-order valence-corrected chi connectivity index (χ0v) is 11.7. The van der Waals surface area contributed by atoms with Crippen LogP contribution < -0.4 is 4.65 Å². The first-order chi connectivity index (χ1) is 10.1. The Labute approximate surface area is 126 Å². The maximum atomic E-state index is 8.74. The summed E-state index contributed by atoms with van der Waals surface area (Å²) in [6.07, 6.45) is 1.75. The molecule has 2 aromatic carbocycles. The highest BCUT2D eigenvalue weighted by atomic mass is 35.5. The minimum absolute atomic E-state index is 0.396. The predicted molar refractivity (Wildman–Crippen MR) is 81.1 cm³/mol. The van der Waals surface area contributed by atoms with E-state index in [0.29, 0.717) is 17.3 Å². The molecule has 7 heteroatoms. The molecular weight excluding hydrogens is 290 g/mol. The Hall–Kier alpha value is -2.02. The maximum Gasteiger partial charge on any atom is 0.707 e. The van der Waals surface area contributed by atoms with Crippen molar-refractivity contribution in [2.45, 2.75) is 6.54 Å². The fourth-order valence-corrected chi connectivity index (χ4v) is 2.39. The van der Waals surface area contributed by atoms with Gasteiger partial charge in [-0.15, -0.1) is 0 Å². The van der Waals surface area contributed by atoms with Crippen molar-refractivity contribution in [3.63, 3.8) is 0 Å². The van der Waals surface area contributed by atoms with Crippen molar-refractivity contribution in [3.05, 3.63) is 59.4 Å². The van der Waals surface area contributed by atoms with E-state index in [4.69, 9.17) is 26.3 Å². The van der Waals surface area contributed by atoms with Crippen LogP contribution >= 0.6 is 11.6 Å². The van der Waals surface area contributed by atoms with Crippen molar-refractivity contribution in [2.24, 2.45) is 0 Å². The molecule has 1 aromatic heterocycles. The molecule has 0 saturated carbocycles. The fraction of sp³-hybridized carbons (Fsp3) is 0.0714. The molecule has 0 amide bonds. The molecule has 5 nitrogen and oxygen atoms in total. The van der Waals surface area contributed by atoms with E-state index < -0.39 is 7.32 Å². The standard InChI is InChI=1S/C14H12BClN2O3/c16-12-2-1-3-13-14(12)17-9-18(13)8-10-4-6-11(7-5-10)21-15(19)20/h1-7,9,19-20H,8H2. The molecule has 0 fully saturated rings. The molecule has 0 radical (unpaired) electrons. The average Bonchev–Trinajstić information content (AvgIpc) is 2.85. The molecule has 2 N–H and O–H groups in total. The summed E-state index contributed by atoms with van der Waals surface area (Å²) in [5.41, 5.74) is 2.78. The van der Waals surface area contributed by atoms with E-state index in [2.05, 4.69) is 4.98 Å². The van der Waals surface area contributed by atoms with Crippen LogP contribution in [0.5, 0.6) is 5.75 Å². The summed E-state index contributed by atoms with van der Waals surface area (Å²) in [4.78, 5) is 4.31. The van der Waals surface area contributed by atoms with Crippen molar-refractivity contribution in [2.75, 3.05) is 0 Å². The lowest BCUT2D eigenvalue weighted by molar-refractivity contribution is 0.288. The Balaban J connectivity index is 1.83. The van der Waals surface area contributed by atoms with E-state index in [1.807, 2.05) is 34.9 Å². The molecule has 0 unspecified atom stereocenters. The number of imidazole rings is 1. The van der Waals surface area contributed by atoms with Crippen molar-refractivity contribution >= 4 is 30.0 Å². The van der Waals surface area contributed by atoms with Gasteiger partial charge in [-0.25, -0.2) is 4.98 Å². The summed E-state index contributed by atoms with van der Waals surface area (Å²) in [7, 11) is -1.81. The molecule has 21 heavy (non-hydrogen) atoms. The normalized spacial score (nSPS) is 10.8. The van der Waals surface area contributed by atoms with Gasteiger partial charge < -0.3 is 19.3 Å². The smallest absolute Gasteiger partial charge is 0.512 e. The number of aromatic nitrogens is 2. The van der Waals surface area contributed by atoms with Crippen LogP contribution in [0.15, 0.2) is 48.8 Å². The SMILES string of the molecule is OB(O)Oc1ccc(Cn2cnc3c(Cl)cccc32)cc1.